The Hall–Kier alpha value is -0.980. The molecule has 1 aromatic rings. The van der Waals surface area contributed by atoms with Crippen molar-refractivity contribution in [3.8, 4) is 0 Å². The molecule has 0 saturated carbocycles. The zero-order valence-corrected chi connectivity index (χ0v) is 12.7. The van der Waals surface area contributed by atoms with Gasteiger partial charge >= 0.3 is 0 Å². The summed E-state index contributed by atoms with van der Waals surface area (Å²) in [5, 5.41) is 0. The quantitative estimate of drug-likeness (QED) is 0.927. The van der Waals surface area contributed by atoms with Crippen LogP contribution in [0.2, 0.25) is 0 Å². The van der Waals surface area contributed by atoms with Crippen LogP contribution in [0.5, 0.6) is 0 Å². The lowest BCUT2D eigenvalue weighted by atomic mass is 9.93. The van der Waals surface area contributed by atoms with Crippen molar-refractivity contribution in [2.45, 2.75) is 37.6 Å². The summed E-state index contributed by atoms with van der Waals surface area (Å²) in [4.78, 5) is -0.203. The second-order valence-electron chi connectivity index (χ2n) is 5.51. The van der Waals surface area contributed by atoms with Gasteiger partial charge in [0.05, 0.1) is 0 Å². The standard InChI is InChI=1S/C14H21FN2O2S/c1-10-5-3-7-13(15)14(10)20(18,19)17-8-4-6-12(9-17)11(2)16/h3,5,7,11-12H,4,6,8-9,16H2,1-2H3/t11-,12+/m0/s1. The molecule has 2 rings (SSSR count). The summed E-state index contributed by atoms with van der Waals surface area (Å²) in [6.07, 6.45) is 1.68. The average molecular weight is 300 g/mol. The van der Waals surface area contributed by atoms with Crippen LogP contribution in [0.15, 0.2) is 23.1 Å². The number of nitrogens with two attached hydrogens (primary N) is 1. The van der Waals surface area contributed by atoms with Crippen LogP contribution in [0.25, 0.3) is 0 Å². The molecule has 2 N–H and O–H groups in total. The number of nitrogens with zero attached hydrogens (tertiary/aromatic N) is 1. The van der Waals surface area contributed by atoms with Crippen LogP contribution in [0, 0.1) is 18.7 Å². The van der Waals surface area contributed by atoms with E-state index in [9.17, 15) is 12.8 Å². The first-order chi connectivity index (χ1) is 9.34. The Labute approximate surface area is 119 Å². The second-order valence-corrected chi connectivity index (χ2v) is 7.39. The lowest BCUT2D eigenvalue weighted by Gasteiger charge is -2.34. The third-order valence-electron chi connectivity index (χ3n) is 3.93. The van der Waals surface area contributed by atoms with Crippen LogP contribution in [-0.4, -0.2) is 31.9 Å². The van der Waals surface area contributed by atoms with E-state index in [4.69, 9.17) is 5.73 Å². The summed E-state index contributed by atoms with van der Waals surface area (Å²) in [5.41, 5.74) is 6.31. The van der Waals surface area contributed by atoms with Crippen molar-refractivity contribution in [3.05, 3.63) is 29.6 Å². The minimum atomic E-state index is -3.79. The zero-order chi connectivity index (χ0) is 14.9. The molecular weight excluding hydrogens is 279 g/mol. The van der Waals surface area contributed by atoms with Gasteiger partial charge in [0, 0.05) is 19.1 Å². The van der Waals surface area contributed by atoms with Gasteiger partial charge in [-0.05, 0) is 44.2 Å². The van der Waals surface area contributed by atoms with E-state index >= 15 is 0 Å². The van der Waals surface area contributed by atoms with Crippen LogP contribution in [0.1, 0.15) is 25.3 Å². The normalized spacial score (nSPS) is 22.7. The maximum absolute atomic E-state index is 13.9. The van der Waals surface area contributed by atoms with Crippen molar-refractivity contribution in [1.82, 2.24) is 4.31 Å². The van der Waals surface area contributed by atoms with E-state index in [-0.39, 0.29) is 16.9 Å². The van der Waals surface area contributed by atoms with Crippen LogP contribution >= 0.6 is 0 Å². The zero-order valence-electron chi connectivity index (χ0n) is 11.8. The molecule has 4 nitrogen and oxygen atoms in total. The van der Waals surface area contributed by atoms with E-state index in [1.807, 2.05) is 6.92 Å². The molecule has 0 aliphatic carbocycles. The molecule has 0 aromatic heterocycles. The van der Waals surface area contributed by atoms with E-state index in [1.54, 1.807) is 13.0 Å². The highest BCUT2D eigenvalue weighted by Gasteiger charge is 2.33. The Kier molecular flexibility index (Phi) is 4.46. The second kappa shape index (κ2) is 5.79. The van der Waals surface area contributed by atoms with E-state index in [2.05, 4.69) is 0 Å². The molecule has 1 fully saturated rings. The van der Waals surface area contributed by atoms with E-state index in [1.165, 1.54) is 16.4 Å². The Morgan fingerprint density at radius 3 is 2.75 bits per heavy atom. The predicted molar refractivity (Wildman–Crippen MR) is 76.3 cm³/mol. The Morgan fingerprint density at radius 1 is 1.45 bits per heavy atom. The lowest BCUT2D eigenvalue weighted by molar-refractivity contribution is 0.242. The fourth-order valence-electron chi connectivity index (χ4n) is 2.69. The lowest BCUT2D eigenvalue weighted by Crippen LogP contribution is -2.45. The van der Waals surface area contributed by atoms with Crippen molar-refractivity contribution in [3.63, 3.8) is 0 Å². The third-order valence-corrected chi connectivity index (χ3v) is 5.97. The molecule has 112 valence electrons. The molecule has 6 heteroatoms. The molecule has 1 aromatic carbocycles. The van der Waals surface area contributed by atoms with Crippen LogP contribution in [-0.2, 0) is 10.0 Å². The molecule has 0 radical (unpaired) electrons. The van der Waals surface area contributed by atoms with Gasteiger partial charge in [0.1, 0.15) is 10.7 Å². The largest absolute Gasteiger partial charge is 0.328 e. The minimum absolute atomic E-state index is 0.0604. The highest BCUT2D eigenvalue weighted by atomic mass is 32.2. The van der Waals surface area contributed by atoms with E-state index < -0.39 is 15.8 Å². The summed E-state index contributed by atoms with van der Waals surface area (Å²) in [6, 6.07) is 4.26. The summed E-state index contributed by atoms with van der Waals surface area (Å²) >= 11 is 0. The molecule has 1 aliphatic heterocycles. The van der Waals surface area contributed by atoms with Gasteiger partial charge in [-0.2, -0.15) is 4.31 Å². The van der Waals surface area contributed by atoms with Crippen LogP contribution in [0.3, 0.4) is 0 Å². The maximum Gasteiger partial charge on any atom is 0.246 e. The fraction of sp³-hybridized carbons (Fsp3) is 0.571. The molecular formula is C14H21FN2O2S. The van der Waals surface area contributed by atoms with Gasteiger partial charge < -0.3 is 5.73 Å². The Morgan fingerprint density at radius 2 is 2.15 bits per heavy atom. The molecule has 20 heavy (non-hydrogen) atoms. The fourth-order valence-corrected chi connectivity index (χ4v) is 4.50. The molecule has 0 unspecified atom stereocenters. The Bertz CT molecular complexity index is 567. The number of hydrogen-bond donors (Lipinski definition) is 1. The highest BCUT2D eigenvalue weighted by Crippen LogP contribution is 2.28. The summed E-state index contributed by atoms with van der Waals surface area (Å²) < 4.78 is 40.6. The first-order valence-corrected chi connectivity index (χ1v) is 8.29. The van der Waals surface area contributed by atoms with Crippen molar-refractivity contribution in [1.29, 1.82) is 0 Å². The number of halogens is 1. The average Bonchev–Trinajstić information content (AvgIpc) is 2.38. The number of piperidine rings is 1. The number of sulfonamides is 1. The predicted octanol–water partition coefficient (Wildman–Crippen LogP) is 1.88. The van der Waals surface area contributed by atoms with Gasteiger partial charge in [-0.25, -0.2) is 12.8 Å². The molecule has 2 atom stereocenters. The van der Waals surface area contributed by atoms with Crippen LogP contribution < -0.4 is 5.73 Å². The molecule has 1 saturated heterocycles. The summed E-state index contributed by atoms with van der Waals surface area (Å²) in [6.45, 7) is 4.30. The monoisotopic (exact) mass is 300 g/mol. The van der Waals surface area contributed by atoms with Gasteiger partial charge in [-0.15, -0.1) is 0 Å². The van der Waals surface area contributed by atoms with Gasteiger partial charge in [-0.3, -0.25) is 0 Å². The van der Waals surface area contributed by atoms with Crippen LogP contribution in [0.4, 0.5) is 4.39 Å². The molecule has 1 heterocycles. The van der Waals surface area contributed by atoms with Crippen molar-refractivity contribution < 1.29 is 12.8 Å². The third kappa shape index (κ3) is 2.87. The first-order valence-electron chi connectivity index (χ1n) is 6.85. The number of aryl methyl sites for hydroxylation is 1. The van der Waals surface area contributed by atoms with Gasteiger partial charge in [0.25, 0.3) is 0 Å². The molecule has 1 aliphatic rings. The van der Waals surface area contributed by atoms with E-state index in [0.717, 1.165) is 12.8 Å². The topological polar surface area (TPSA) is 63.4 Å². The Balaban J connectivity index is 2.35. The van der Waals surface area contributed by atoms with Gasteiger partial charge in [0.2, 0.25) is 10.0 Å². The number of rotatable bonds is 3. The van der Waals surface area contributed by atoms with E-state index in [0.29, 0.717) is 18.7 Å². The van der Waals surface area contributed by atoms with Gasteiger partial charge in [0.15, 0.2) is 0 Å². The van der Waals surface area contributed by atoms with Crippen molar-refractivity contribution in [2.75, 3.05) is 13.1 Å². The summed E-state index contributed by atoms with van der Waals surface area (Å²) in [5.74, 6) is -0.557. The number of hydrogen-bond acceptors (Lipinski definition) is 3. The SMILES string of the molecule is Cc1cccc(F)c1S(=O)(=O)N1CCC[C@@H]([C@H](C)N)C1. The summed E-state index contributed by atoms with van der Waals surface area (Å²) in [7, 11) is -3.79. The highest BCUT2D eigenvalue weighted by molar-refractivity contribution is 7.89. The minimum Gasteiger partial charge on any atom is -0.328 e. The van der Waals surface area contributed by atoms with Gasteiger partial charge in [-0.1, -0.05) is 12.1 Å². The van der Waals surface area contributed by atoms with Crippen molar-refractivity contribution in [2.24, 2.45) is 11.7 Å². The molecule has 0 amide bonds. The van der Waals surface area contributed by atoms with Crippen molar-refractivity contribution >= 4 is 10.0 Å². The molecule has 0 bridgehead atoms. The first kappa shape index (κ1) is 15.4. The number of benzene rings is 1. The molecule has 0 spiro atoms. The maximum atomic E-state index is 13.9. The smallest absolute Gasteiger partial charge is 0.246 e.